The first kappa shape index (κ1) is 15.4. The molecule has 1 saturated heterocycles. The number of hydrogen-bond acceptors (Lipinski definition) is 4. The van der Waals surface area contributed by atoms with Crippen LogP contribution in [-0.2, 0) is 6.42 Å². The molecule has 0 spiro atoms. The van der Waals surface area contributed by atoms with Gasteiger partial charge in [0.05, 0.1) is 0 Å². The summed E-state index contributed by atoms with van der Waals surface area (Å²) >= 11 is 0. The highest BCUT2D eigenvalue weighted by atomic mass is 15.3. The van der Waals surface area contributed by atoms with Crippen molar-refractivity contribution in [2.75, 3.05) is 22.9 Å². The molecule has 1 fully saturated rings. The molecule has 1 aromatic carbocycles. The van der Waals surface area contributed by atoms with E-state index in [1.807, 2.05) is 0 Å². The van der Waals surface area contributed by atoms with Crippen LogP contribution in [0, 0.1) is 12.8 Å². The highest BCUT2D eigenvalue weighted by molar-refractivity contribution is 5.69. The van der Waals surface area contributed by atoms with Crippen molar-refractivity contribution in [3.8, 4) is 0 Å². The summed E-state index contributed by atoms with van der Waals surface area (Å²) in [5, 5.41) is 0. The maximum absolute atomic E-state index is 4.95. The molecule has 4 nitrogen and oxygen atoms in total. The standard InChI is InChI=1S/C20H26N4/c1-14-8-10-23(11-9-14)20-21-15(2)12-19(22-20)24-16(3)13-17-6-4-5-7-18(17)24/h4-7,12,14,16H,8-11,13H2,1-3H3. The van der Waals surface area contributed by atoms with Crippen molar-refractivity contribution >= 4 is 17.5 Å². The zero-order valence-corrected chi connectivity index (χ0v) is 14.9. The molecule has 0 bridgehead atoms. The number of para-hydroxylation sites is 1. The minimum absolute atomic E-state index is 0.436. The molecular weight excluding hydrogens is 296 g/mol. The molecule has 3 heterocycles. The lowest BCUT2D eigenvalue weighted by molar-refractivity contribution is 0.434. The third-order valence-electron chi connectivity index (χ3n) is 5.35. The summed E-state index contributed by atoms with van der Waals surface area (Å²) in [5.74, 6) is 2.75. The van der Waals surface area contributed by atoms with Gasteiger partial charge in [-0.05, 0) is 50.7 Å². The number of rotatable bonds is 2. The van der Waals surface area contributed by atoms with E-state index in [0.29, 0.717) is 6.04 Å². The van der Waals surface area contributed by atoms with Crippen LogP contribution in [0.2, 0.25) is 0 Å². The summed E-state index contributed by atoms with van der Waals surface area (Å²) in [6.45, 7) is 8.82. The van der Waals surface area contributed by atoms with Crippen LogP contribution >= 0.6 is 0 Å². The summed E-state index contributed by atoms with van der Waals surface area (Å²) in [6.07, 6.45) is 3.54. The minimum Gasteiger partial charge on any atom is -0.341 e. The molecule has 1 atom stereocenters. The van der Waals surface area contributed by atoms with Crippen LogP contribution in [0.25, 0.3) is 0 Å². The fourth-order valence-electron chi connectivity index (χ4n) is 3.92. The quantitative estimate of drug-likeness (QED) is 0.833. The lowest BCUT2D eigenvalue weighted by atomic mass is 10.00. The second-order valence-electron chi connectivity index (χ2n) is 7.39. The van der Waals surface area contributed by atoms with E-state index in [4.69, 9.17) is 9.97 Å². The number of fused-ring (bicyclic) bond motifs is 1. The molecular formula is C20H26N4. The second kappa shape index (κ2) is 6.08. The second-order valence-corrected chi connectivity index (χ2v) is 7.39. The van der Waals surface area contributed by atoms with Gasteiger partial charge in [0.15, 0.2) is 0 Å². The van der Waals surface area contributed by atoms with Crippen LogP contribution in [0.3, 0.4) is 0 Å². The Hall–Kier alpha value is -2.10. The zero-order chi connectivity index (χ0) is 16.7. The van der Waals surface area contributed by atoms with Gasteiger partial charge in [-0.3, -0.25) is 0 Å². The Morgan fingerprint density at radius 1 is 1.04 bits per heavy atom. The molecule has 2 aliphatic heterocycles. The Kier molecular flexibility index (Phi) is 3.91. The summed E-state index contributed by atoms with van der Waals surface area (Å²) in [5.41, 5.74) is 3.75. The Labute approximate surface area is 144 Å². The van der Waals surface area contributed by atoms with E-state index in [2.05, 4.69) is 60.9 Å². The van der Waals surface area contributed by atoms with Gasteiger partial charge in [0.25, 0.3) is 0 Å². The molecule has 0 N–H and O–H groups in total. The number of hydrogen-bond donors (Lipinski definition) is 0. The van der Waals surface area contributed by atoms with Gasteiger partial charge in [-0.15, -0.1) is 0 Å². The average Bonchev–Trinajstić information content (AvgIpc) is 2.90. The Bertz CT molecular complexity index is 734. The van der Waals surface area contributed by atoms with Crippen molar-refractivity contribution in [1.82, 2.24) is 9.97 Å². The smallest absolute Gasteiger partial charge is 0.227 e. The largest absolute Gasteiger partial charge is 0.341 e. The number of piperidine rings is 1. The van der Waals surface area contributed by atoms with Gasteiger partial charge in [-0.1, -0.05) is 25.1 Å². The van der Waals surface area contributed by atoms with Crippen molar-refractivity contribution in [1.29, 1.82) is 0 Å². The van der Waals surface area contributed by atoms with Crippen LogP contribution in [0.15, 0.2) is 30.3 Å². The molecule has 1 unspecified atom stereocenters. The highest BCUT2D eigenvalue weighted by Gasteiger charge is 2.29. The maximum atomic E-state index is 4.95. The Morgan fingerprint density at radius 3 is 2.58 bits per heavy atom. The molecule has 126 valence electrons. The zero-order valence-electron chi connectivity index (χ0n) is 14.9. The number of aromatic nitrogens is 2. The molecule has 4 rings (SSSR count). The van der Waals surface area contributed by atoms with Gasteiger partial charge in [0.1, 0.15) is 5.82 Å². The highest BCUT2D eigenvalue weighted by Crippen LogP contribution is 2.38. The molecule has 2 aromatic rings. The van der Waals surface area contributed by atoms with Gasteiger partial charge < -0.3 is 9.80 Å². The van der Waals surface area contributed by atoms with E-state index in [0.717, 1.165) is 42.9 Å². The van der Waals surface area contributed by atoms with Crippen LogP contribution in [0.4, 0.5) is 17.5 Å². The molecule has 1 aromatic heterocycles. The van der Waals surface area contributed by atoms with E-state index in [-0.39, 0.29) is 0 Å². The summed E-state index contributed by atoms with van der Waals surface area (Å²) in [6, 6.07) is 11.2. The van der Waals surface area contributed by atoms with Gasteiger partial charge in [-0.2, -0.15) is 4.98 Å². The molecule has 0 radical (unpaired) electrons. The maximum Gasteiger partial charge on any atom is 0.227 e. The number of aryl methyl sites for hydroxylation is 1. The van der Waals surface area contributed by atoms with Crippen molar-refractivity contribution in [2.45, 2.75) is 46.1 Å². The number of anilines is 3. The Morgan fingerprint density at radius 2 is 1.79 bits per heavy atom. The predicted octanol–water partition coefficient (Wildman–Crippen LogP) is 4.10. The number of benzene rings is 1. The van der Waals surface area contributed by atoms with Crippen molar-refractivity contribution in [3.05, 3.63) is 41.6 Å². The van der Waals surface area contributed by atoms with E-state index in [1.54, 1.807) is 0 Å². The van der Waals surface area contributed by atoms with Gasteiger partial charge in [-0.25, -0.2) is 4.98 Å². The first-order valence-corrected chi connectivity index (χ1v) is 9.09. The van der Waals surface area contributed by atoms with E-state index in [1.165, 1.54) is 24.1 Å². The SMILES string of the molecule is Cc1cc(N2c3ccccc3CC2C)nc(N2CCC(C)CC2)n1. The molecule has 0 amide bonds. The fourth-order valence-corrected chi connectivity index (χ4v) is 3.92. The third kappa shape index (κ3) is 2.74. The van der Waals surface area contributed by atoms with Crippen LogP contribution < -0.4 is 9.80 Å². The van der Waals surface area contributed by atoms with Gasteiger partial charge >= 0.3 is 0 Å². The van der Waals surface area contributed by atoms with E-state index < -0.39 is 0 Å². The fraction of sp³-hybridized carbons (Fsp3) is 0.500. The molecule has 24 heavy (non-hydrogen) atoms. The minimum atomic E-state index is 0.436. The Balaban J connectivity index is 1.69. The predicted molar refractivity (Wildman–Crippen MR) is 99.1 cm³/mol. The van der Waals surface area contributed by atoms with Crippen molar-refractivity contribution < 1.29 is 0 Å². The lowest BCUT2D eigenvalue weighted by Crippen LogP contribution is -2.35. The van der Waals surface area contributed by atoms with Gasteiger partial charge in [0.2, 0.25) is 5.95 Å². The van der Waals surface area contributed by atoms with Gasteiger partial charge in [0, 0.05) is 36.6 Å². The normalized spacial score (nSPS) is 21.2. The monoisotopic (exact) mass is 322 g/mol. The molecule has 0 saturated carbocycles. The van der Waals surface area contributed by atoms with Crippen molar-refractivity contribution in [3.63, 3.8) is 0 Å². The topological polar surface area (TPSA) is 32.3 Å². The summed E-state index contributed by atoms with van der Waals surface area (Å²) < 4.78 is 0. The lowest BCUT2D eigenvalue weighted by Gasteiger charge is -2.31. The number of nitrogens with zero attached hydrogens (tertiary/aromatic N) is 4. The van der Waals surface area contributed by atoms with E-state index >= 15 is 0 Å². The average molecular weight is 322 g/mol. The third-order valence-corrected chi connectivity index (χ3v) is 5.35. The summed E-state index contributed by atoms with van der Waals surface area (Å²) in [4.78, 5) is 14.4. The van der Waals surface area contributed by atoms with E-state index in [9.17, 15) is 0 Å². The van der Waals surface area contributed by atoms with Crippen LogP contribution in [-0.4, -0.2) is 29.1 Å². The first-order chi connectivity index (χ1) is 11.6. The van der Waals surface area contributed by atoms with Crippen molar-refractivity contribution in [2.24, 2.45) is 5.92 Å². The van der Waals surface area contributed by atoms with Crippen LogP contribution in [0.1, 0.15) is 37.9 Å². The summed E-state index contributed by atoms with van der Waals surface area (Å²) in [7, 11) is 0. The molecule has 0 aliphatic carbocycles. The first-order valence-electron chi connectivity index (χ1n) is 9.09. The van der Waals surface area contributed by atoms with Crippen LogP contribution in [0.5, 0.6) is 0 Å². The molecule has 4 heteroatoms. The molecule has 2 aliphatic rings.